The predicted octanol–water partition coefficient (Wildman–Crippen LogP) is 3.27. The first-order valence-electron chi connectivity index (χ1n) is 6.67. The Morgan fingerprint density at radius 3 is 2.90 bits per heavy atom. The van der Waals surface area contributed by atoms with Gasteiger partial charge in [-0.1, -0.05) is 23.7 Å². The van der Waals surface area contributed by atoms with Crippen molar-refractivity contribution in [3.05, 3.63) is 34.6 Å². The Balaban J connectivity index is 2.08. The molecule has 6 heteroatoms. The van der Waals surface area contributed by atoms with Crippen molar-refractivity contribution in [3.8, 4) is 0 Å². The predicted molar refractivity (Wildman–Crippen MR) is 75.6 cm³/mol. The Hall–Kier alpha value is -1.33. The van der Waals surface area contributed by atoms with Gasteiger partial charge in [0.15, 0.2) is 0 Å². The molecule has 1 aromatic rings. The normalized spacial score (nSPS) is 16.2. The van der Waals surface area contributed by atoms with Gasteiger partial charge < -0.3 is 10.4 Å². The third-order valence-electron chi connectivity index (χ3n) is 3.59. The maximum atomic E-state index is 14.1. The third-order valence-corrected chi connectivity index (χ3v) is 3.88. The second kappa shape index (κ2) is 6.41. The van der Waals surface area contributed by atoms with Crippen LogP contribution < -0.4 is 5.32 Å². The molecule has 1 saturated carbocycles. The van der Waals surface area contributed by atoms with E-state index in [1.165, 1.54) is 6.07 Å². The fourth-order valence-corrected chi connectivity index (χ4v) is 2.59. The highest BCUT2D eigenvalue weighted by Crippen LogP contribution is 2.35. The molecule has 1 aliphatic rings. The second-order valence-electron chi connectivity index (χ2n) is 5.02. The van der Waals surface area contributed by atoms with Gasteiger partial charge in [-0.05, 0) is 25.8 Å². The monoisotopic (exact) mass is 300 g/mol. The van der Waals surface area contributed by atoms with E-state index in [-0.39, 0.29) is 11.1 Å². The first-order valence-corrected chi connectivity index (χ1v) is 7.05. The summed E-state index contributed by atoms with van der Waals surface area (Å²) in [4.78, 5) is 12.6. The minimum atomic E-state index is -1.04. The summed E-state index contributed by atoms with van der Waals surface area (Å²) in [6, 6.07) is 5.26. The lowest BCUT2D eigenvalue weighted by atomic mass is 10.1. The quantitative estimate of drug-likeness (QED) is 0.848. The highest BCUT2D eigenvalue weighted by molar-refractivity contribution is 6.30. The standard InChI is InChI=1S/C14H18ClFN2O2/c1-9(11-3-2-4-12(15)13(11)16)18(10-5-6-10)8-7-17-14(19)20/h2-4,9-10,17H,5-8H2,1H3,(H,19,20). The minimum absolute atomic E-state index is 0.119. The topological polar surface area (TPSA) is 52.6 Å². The summed E-state index contributed by atoms with van der Waals surface area (Å²) in [5.41, 5.74) is 0.555. The molecule has 0 aliphatic heterocycles. The van der Waals surface area contributed by atoms with Crippen LogP contribution in [-0.2, 0) is 0 Å². The molecule has 0 bridgehead atoms. The lowest BCUT2D eigenvalue weighted by Gasteiger charge is -2.29. The molecule has 1 aliphatic carbocycles. The maximum absolute atomic E-state index is 14.1. The number of halogens is 2. The van der Waals surface area contributed by atoms with Crippen molar-refractivity contribution < 1.29 is 14.3 Å². The van der Waals surface area contributed by atoms with Crippen molar-refractivity contribution >= 4 is 17.7 Å². The lowest BCUT2D eigenvalue weighted by Crippen LogP contribution is -2.37. The van der Waals surface area contributed by atoms with Gasteiger partial charge in [-0.15, -0.1) is 0 Å². The van der Waals surface area contributed by atoms with Gasteiger partial charge in [0.2, 0.25) is 0 Å². The second-order valence-corrected chi connectivity index (χ2v) is 5.43. The first-order chi connectivity index (χ1) is 9.50. The number of nitrogens with one attached hydrogen (secondary N) is 1. The fourth-order valence-electron chi connectivity index (χ4n) is 2.41. The van der Waals surface area contributed by atoms with Crippen LogP contribution in [-0.4, -0.2) is 35.2 Å². The maximum Gasteiger partial charge on any atom is 0.404 e. The number of amides is 1. The Labute approximate surface area is 122 Å². The minimum Gasteiger partial charge on any atom is -0.465 e. The van der Waals surface area contributed by atoms with Gasteiger partial charge in [0, 0.05) is 30.7 Å². The molecular weight excluding hydrogens is 283 g/mol. The Bertz CT molecular complexity index is 494. The van der Waals surface area contributed by atoms with E-state index in [9.17, 15) is 9.18 Å². The molecule has 0 aromatic heterocycles. The molecule has 2 N–H and O–H groups in total. The number of hydrogen-bond donors (Lipinski definition) is 2. The van der Waals surface area contributed by atoms with Gasteiger partial charge >= 0.3 is 6.09 Å². The van der Waals surface area contributed by atoms with E-state index in [2.05, 4.69) is 10.2 Å². The van der Waals surface area contributed by atoms with E-state index in [4.69, 9.17) is 16.7 Å². The first kappa shape index (κ1) is 15.1. The van der Waals surface area contributed by atoms with Gasteiger partial charge in [0.05, 0.1) is 5.02 Å². The SMILES string of the molecule is CC(c1cccc(Cl)c1F)N(CCNC(=O)O)C1CC1. The van der Waals surface area contributed by atoms with Crippen LogP contribution in [0.4, 0.5) is 9.18 Å². The summed E-state index contributed by atoms with van der Waals surface area (Å²) in [5, 5.41) is 11.1. The van der Waals surface area contributed by atoms with E-state index >= 15 is 0 Å². The molecule has 1 aromatic carbocycles. The highest BCUT2D eigenvalue weighted by atomic mass is 35.5. The van der Waals surface area contributed by atoms with E-state index < -0.39 is 11.9 Å². The van der Waals surface area contributed by atoms with Crippen molar-refractivity contribution in [1.29, 1.82) is 0 Å². The lowest BCUT2D eigenvalue weighted by molar-refractivity contribution is 0.178. The molecule has 1 fully saturated rings. The number of carboxylic acid groups (broad SMARTS) is 1. The van der Waals surface area contributed by atoms with Gasteiger partial charge in [0.25, 0.3) is 0 Å². The van der Waals surface area contributed by atoms with Crippen molar-refractivity contribution in [1.82, 2.24) is 10.2 Å². The van der Waals surface area contributed by atoms with Crippen LogP contribution in [0, 0.1) is 5.82 Å². The molecular formula is C14H18ClFN2O2. The van der Waals surface area contributed by atoms with Crippen molar-refractivity contribution in [2.75, 3.05) is 13.1 Å². The molecule has 0 spiro atoms. The molecule has 2 rings (SSSR count). The summed E-state index contributed by atoms with van der Waals surface area (Å²) in [6.45, 7) is 2.82. The van der Waals surface area contributed by atoms with Crippen LogP contribution in [0.2, 0.25) is 5.02 Å². The summed E-state index contributed by atoms with van der Waals surface area (Å²) < 4.78 is 14.1. The van der Waals surface area contributed by atoms with Crippen LogP contribution in [0.15, 0.2) is 18.2 Å². The molecule has 1 amide bonds. The summed E-state index contributed by atoms with van der Waals surface area (Å²) >= 11 is 5.82. The average molecular weight is 301 g/mol. The summed E-state index contributed by atoms with van der Waals surface area (Å²) in [6.07, 6.45) is 1.10. The average Bonchev–Trinajstić information content (AvgIpc) is 3.21. The molecule has 0 radical (unpaired) electrons. The van der Waals surface area contributed by atoms with Crippen LogP contribution in [0.25, 0.3) is 0 Å². The van der Waals surface area contributed by atoms with Gasteiger partial charge in [-0.25, -0.2) is 9.18 Å². The molecule has 110 valence electrons. The summed E-state index contributed by atoms with van der Waals surface area (Å²) in [7, 11) is 0. The molecule has 0 heterocycles. The zero-order valence-corrected chi connectivity index (χ0v) is 12.0. The molecule has 4 nitrogen and oxygen atoms in total. The number of hydrogen-bond acceptors (Lipinski definition) is 2. The Morgan fingerprint density at radius 2 is 2.30 bits per heavy atom. The molecule has 1 atom stereocenters. The summed E-state index contributed by atoms with van der Waals surface area (Å²) in [5.74, 6) is -0.390. The third kappa shape index (κ3) is 3.61. The number of benzene rings is 1. The van der Waals surface area contributed by atoms with E-state index in [0.717, 1.165) is 12.8 Å². The zero-order chi connectivity index (χ0) is 14.7. The smallest absolute Gasteiger partial charge is 0.404 e. The highest BCUT2D eigenvalue weighted by Gasteiger charge is 2.33. The van der Waals surface area contributed by atoms with Crippen molar-refractivity contribution in [3.63, 3.8) is 0 Å². The van der Waals surface area contributed by atoms with Crippen LogP contribution >= 0.6 is 11.6 Å². The van der Waals surface area contributed by atoms with Crippen molar-refractivity contribution in [2.45, 2.75) is 31.8 Å². The largest absolute Gasteiger partial charge is 0.465 e. The van der Waals surface area contributed by atoms with Crippen LogP contribution in [0.3, 0.4) is 0 Å². The molecule has 0 saturated heterocycles. The number of nitrogens with zero attached hydrogens (tertiary/aromatic N) is 1. The number of carbonyl (C=O) groups is 1. The van der Waals surface area contributed by atoms with E-state index in [0.29, 0.717) is 24.7 Å². The van der Waals surface area contributed by atoms with E-state index in [1.807, 2.05) is 6.92 Å². The molecule has 1 unspecified atom stereocenters. The van der Waals surface area contributed by atoms with Crippen LogP contribution in [0.5, 0.6) is 0 Å². The van der Waals surface area contributed by atoms with Gasteiger partial charge in [0.1, 0.15) is 5.82 Å². The Kier molecular flexibility index (Phi) is 4.83. The van der Waals surface area contributed by atoms with Crippen LogP contribution in [0.1, 0.15) is 31.4 Å². The van der Waals surface area contributed by atoms with Crippen molar-refractivity contribution in [2.24, 2.45) is 0 Å². The fraction of sp³-hybridized carbons (Fsp3) is 0.500. The zero-order valence-electron chi connectivity index (χ0n) is 11.3. The van der Waals surface area contributed by atoms with Gasteiger partial charge in [-0.2, -0.15) is 0 Å². The van der Waals surface area contributed by atoms with E-state index in [1.54, 1.807) is 12.1 Å². The molecule has 20 heavy (non-hydrogen) atoms. The Morgan fingerprint density at radius 1 is 1.60 bits per heavy atom. The van der Waals surface area contributed by atoms with Gasteiger partial charge in [-0.3, -0.25) is 4.90 Å². The number of rotatable bonds is 6.